The van der Waals surface area contributed by atoms with Gasteiger partial charge in [0.25, 0.3) is 0 Å². The molecule has 1 fully saturated rings. The van der Waals surface area contributed by atoms with E-state index in [0.29, 0.717) is 36.6 Å². The van der Waals surface area contributed by atoms with Crippen molar-refractivity contribution in [1.82, 2.24) is 4.72 Å². The molecule has 1 aliphatic heterocycles. The third-order valence-corrected chi connectivity index (χ3v) is 4.93. The summed E-state index contributed by atoms with van der Waals surface area (Å²) in [6, 6.07) is 6.92. The van der Waals surface area contributed by atoms with Crippen LogP contribution in [0.2, 0.25) is 0 Å². The van der Waals surface area contributed by atoms with Crippen LogP contribution in [0.3, 0.4) is 0 Å². The molecule has 2 unspecified atom stereocenters. The zero-order valence-corrected chi connectivity index (χ0v) is 12.7. The molecule has 0 bridgehead atoms. The van der Waals surface area contributed by atoms with E-state index in [2.05, 4.69) is 10.0 Å². The average Bonchev–Trinajstić information content (AvgIpc) is 2.39. The Balaban J connectivity index is 2.17. The second kappa shape index (κ2) is 6.56. The minimum Gasteiger partial charge on any atom is -0.384 e. The quantitative estimate of drug-likeness (QED) is 0.872. The fourth-order valence-electron chi connectivity index (χ4n) is 2.43. The van der Waals surface area contributed by atoms with Crippen molar-refractivity contribution in [2.75, 3.05) is 18.5 Å². The van der Waals surface area contributed by atoms with Crippen molar-refractivity contribution in [3.63, 3.8) is 0 Å². The van der Waals surface area contributed by atoms with Crippen molar-refractivity contribution < 1.29 is 13.2 Å². The van der Waals surface area contributed by atoms with Crippen molar-refractivity contribution in [2.24, 2.45) is 0 Å². The first kappa shape index (κ1) is 15.3. The van der Waals surface area contributed by atoms with Crippen LogP contribution in [0.15, 0.2) is 29.2 Å². The first-order valence-corrected chi connectivity index (χ1v) is 8.48. The van der Waals surface area contributed by atoms with E-state index in [-0.39, 0.29) is 12.1 Å². The highest BCUT2D eigenvalue weighted by Crippen LogP contribution is 2.22. The molecule has 2 atom stereocenters. The Morgan fingerprint density at radius 1 is 1.35 bits per heavy atom. The van der Waals surface area contributed by atoms with Gasteiger partial charge in [-0.3, -0.25) is 0 Å². The van der Waals surface area contributed by atoms with E-state index in [4.69, 9.17) is 4.74 Å². The molecule has 0 amide bonds. The number of hydrogen-bond acceptors (Lipinski definition) is 4. The second-order valence-corrected chi connectivity index (χ2v) is 6.73. The topological polar surface area (TPSA) is 67.4 Å². The molecular weight excluding hydrogens is 276 g/mol. The number of rotatable bonds is 5. The molecule has 2 N–H and O–H groups in total. The molecule has 1 aliphatic rings. The fourth-order valence-corrected chi connectivity index (χ4v) is 3.89. The van der Waals surface area contributed by atoms with Crippen LogP contribution in [0.1, 0.15) is 26.7 Å². The van der Waals surface area contributed by atoms with Gasteiger partial charge in [-0.05, 0) is 38.8 Å². The van der Waals surface area contributed by atoms with Crippen molar-refractivity contribution in [3.05, 3.63) is 24.3 Å². The molecule has 0 radical (unpaired) electrons. The van der Waals surface area contributed by atoms with Gasteiger partial charge in [-0.25, -0.2) is 13.1 Å². The predicted octanol–water partition coefficient (Wildman–Crippen LogP) is 1.96. The minimum atomic E-state index is -3.50. The van der Waals surface area contributed by atoms with Crippen LogP contribution in [0.4, 0.5) is 5.69 Å². The minimum absolute atomic E-state index is 0.0570. The Morgan fingerprint density at radius 3 is 2.80 bits per heavy atom. The van der Waals surface area contributed by atoms with E-state index in [1.807, 2.05) is 19.9 Å². The van der Waals surface area contributed by atoms with E-state index in [0.717, 1.165) is 0 Å². The summed E-state index contributed by atoms with van der Waals surface area (Å²) in [6.45, 7) is 5.19. The second-order valence-electron chi connectivity index (χ2n) is 5.05. The van der Waals surface area contributed by atoms with Crippen LogP contribution < -0.4 is 10.0 Å². The van der Waals surface area contributed by atoms with E-state index in [9.17, 15) is 8.42 Å². The van der Waals surface area contributed by atoms with Gasteiger partial charge in [0.1, 0.15) is 4.90 Å². The summed E-state index contributed by atoms with van der Waals surface area (Å²) in [6.07, 6.45) is 1.52. The molecule has 1 heterocycles. The number of nitrogens with one attached hydrogen (secondary N) is 2. The highest BCUT2D eigenvalue weighted by Gasteiger charge is 2.26. The summed E-state index contributed by atoms with van der Waals surface area (Å²) in [5, 5.41) is 3.08. The van der Waals surface area contributed by atoms with Gasteiger partial charge in [0, 0.05) is 19.2 Å². The summed E-state index contributed by atoms with van der Waals surface area (Å²) in [5.74, 6) is 0. The van der Waals surface area contributed by atoms with Crippen molar-refractivity contribution in [2.45, 2.75) is 43.7 Å². The molecule has 0 saturated carbocycles. The number of sulfonamides is 1. The Labute approximate surface area is 120 Å². The zero-order chi connectivity index (χ0) is 14.6. The summed E-state index contributed by atoms with van der Waals surface area (Å²) in [4.78, 5) is 0.306. The van der Waals surface area contributed by atoms with Gasteiger partial charge in [0.2, 0.25) is 10.0 Å². The standard InChI is InChI=1S/C14H22N2O3S/c1-3-15-13-6-4-5-7-14(13)20(17,18)16-12-8-9-19-11(2)10-12/h4-7,11-12,15-16H,3,8-10H2,1-2H3. The lowest BCUT2D eigenvalue weighted by molar-refractivity contribution is 0.0173. The molecule has 0 spiro atoms. The molecule has 1 saturated heterocycles. The summed E-state index contributed by atoms with van der Waals surface area (Å²) in [5.41, 5.74) is 0.641. The third-order valence-electron chi connectivity index (χ3n) is 3.35. The molecule has 2 rings (SSSR count). The highest BCUT2D eigenvalue weighted by molar-refractivity contribution is 7.89. The Bertz CT molecular complexity index is 545. The molecule has 6 heteroatoms. The maximum atomic E-state index is 12.5. The summed E-state index contributed by atoms with van der Waals surface area (Å²) >= 11 is 0. The van der Waals surface area contributed by atoms with Gasteiger partial charge in [0.05, 0.1) is 11.8 Å². The molecule has 1 aromatic rings. The van der Waals surface area contributed by atoms with E-state index in [1.54, 1.807) is 18.2 Å². The first-order valence-electron chi connectivity index (χ1n) is 6.99. The van der Waals surface area contributed by atoms with Crippen molar-refractivity contribution in [3.8, 4) is 0 Å². The van der Waals surface area contributed by atoms with Crippen LogP contribution in [-0.4, -0.2) is 33.7 Å². The van der Waals surface area contributed by atoms with Crippen LogP contribution in [0, 0.1) is 0 Å². The SMILES string of the molecule is CCNc1ccccc1S(=O)(=O)NC1CCOC(C)C1. The third kappa shape index (κ3) is 3.71. The number of anilines is 1. The summed E-state index contributed by atoms with van der Waals surface area (Å²) in [7, 11) is -3.50. The van der Waals surface area contributed by atoms with Crippen molar-refractivity contribution in [1.29, 1.82) is 0 Å². The van der Waals surface area contributed by atoms with Gasteiger partial charge in [-0.1, -0.05) is 12.1 Å². The van der Waals surface area contributed by atoms with Gasteiger partial charge in [0.15, 0.2) is 0 Å². The van der Waals surface area contributed by atoms with E-state index < -0.39 is 10.0 Å². The average molecular weight is 298 g/mol. The van der Waals surface area contributed by atoms with Crippen LogP contribution in [0.5, 0.6) is 0 Å². The smallest absolute Gasteiger partial charge is 0.242 e. The normalized spacial score (nSPS) is 23.5. The molecule has 20 heavy (non-hydrogen) atoms. The maximum absolute atomic E-state index is 12.5. The van der Waals surface area contributed by atoms with E-state index in [1.165, 1.54) is 0 Å². The van der Waals surface area contributed by atoms with Crippen LogP contribution in [-0.2, 0) is 14.8 Å². The molecule has 0 aliphatic carbocycles. The fraction of sp³-hybridized carbons (Fsp3) is 0.571. The first-order chi connectivity index (χ1) is 9.53. The lowest BCUT2D eigenvalue weighted by Gasteiger charge is -2.28. The molecule has 1 aromatic carbocycles. The molecule has 0 aromatic heterocycles. The Morgan fingerprint density at radius 2 is 2.10 bits per heavy atom. The monoisotopic (exact) mass is 298 g/mol. The molecule has 112 valence electrons. The lowest BCUT2D eigenvalue weighted by atomic mass is 10.1. The van der Waals surface area contributed by atoms with Crippen LogP contribution >= 0.6 is 0 Å². The van der Waals surface area contributed by atoms with Gasteiger partial charge in [-0.2, -0.15) is 0 Å². The zero-order valence-electron chi connectivity index (χ0n) is 11.9. The lowest BCUT2D eigenvalue weighted by Crippen LogP contribution is -2.41. The number of hydrogen-bond donors (Lipinski definition) is 2. The van der Waals surface area contributed by atoms with Gasteiger partial charge < -0.3 is 10.1 Å². The van der Waals surface area contributed by atoms with Crippen molar-refractivity contribution >= 4 is 15.7 Å². The Kier molecular flexibility index (Phi) is 5.01. The maximum Gasteiger partial charge on any atom is 0.242 e. The van der Waals surface area contributed by atoms with Crippen LogP contribution in [0.25, 0.3) is 0 Å². The Hall–Kier alpha value is -1.11. The van der Waals surface area contributed by atoms with E-state index >= 15 is 0 Å². The summed E-state index contributed by atoms with van der Waals surface area (Å²) < 4.78 is 33.3. The molecular formula is C14H22N2O3S. The highest BCUT2D eigenvalue weighted by atomic mass is 32.2. The predicted molar refractivity (Wildman–Crippen MR) is 79.4 cm³/mol. The van der Waals surface area contributed by atoms with Gasteiger partial charge in [-0.15, -0.1) is 0 Å². The number of benzene rings is 1. The largest absolute Gasteiger partial charge is 0.384 e. The number of para-hydroxylation sites is 1. The number of ether oxygens (including phenoxy) is 1. The molecule has 5 nitrogen and oxygen atoms in total. The van der Waals surface area contributed by atoms with Gasteiger partial charge >= 0.3 is 0 Å².